The van der Waals surface area contributed by atoms with Gasteiger partial charge in [-0.05, 0) is 48.1 Å². The predicted octanol–water partition coefficient (Wildman–Crippen LogP) is 5.61. The zero-order valence-corrected chi connectivity index (χ0v) is 20.7. The number of hydrogen-bond donors (Lipinski definition) is 1. The fraction of sp³-hybridized carbons (Fsp3) is 0.310. The number of likely N-dealkylation sites (N-methyl/N-ethyl adjacent to an activating group) is 1. The van der Waals surface area contributed by atoms with Gasteiger partial charge in [-0.3, -0.25) is 9.59 Å². The number of hydrogen-bond acceptors (Lipinski definition) is 2. The molecule has 3 aromatic rings. The topological polar surface area (TPSA) is 49.4 Å². The highest BCUT2D eigenvalue weighted by molar-refractivity contribution is 6.31. The van der Waals surface area contributed by atoms with Crippen LogP contribution in [-0.4, -0.2) is 29.3 Å². The van der Waals surface area contributed by atoms with Crippen molar-refractivity contribution in [2.24, 2.45) is 0 Å². The highest BCUT2D eigenvalue weighted by Gasteiger charge is 2.30. The Bertz CT molecular complexity index is 1070. The molecule has 3 aromatic carbocycles. The zero-order valence-electron chi connectivity index (χ0n) is 20.0. The van der Waals surface area contributed by atoms with Crippen LogP contribution in [0.15, 0.2) is 78.9 Å². The Balaban J connectivity index is 1.87. The summed E-state index contributed by atoms with van der Waals surface area (Å²) in [6.45, 7) is 4.79. The third kappa shape index (κ3) is 7.19. The minimum Gasteiger partial charge on any atom is -0.355 e. The molecule has 0 bridgehead atoms. The van der Waals surface area contributed by atoms with Crippen molar-refractivity contribution in [3.8, 4) is 0 Å². The number of nitrogens with zero attached hydrogens (tertiary/aromatic N) is 1. The molecule has 0 aromatic heterocycles. The van der Waals surface area contributed by atoms with Crippen LogP contribution in [0.4, 0.5) is 0 Å². The molecule has 0 saturated heterocycles. The van der Waals surface area contributed by atoms with E-state index in [2.05, 4.69) is 36.5 Å². The molecule has 0 aliphatic heterocycles. The summed E-state index contributed by atoms with van der Waals surface area (Å²) in [5.74, 6) is -0.217. The molecule has 0 unspecified atom stereocenters. The highest BCUT2D eigenvalue weighted by Crippen LogP contribution is 2.21. The molecule has 5 heteroatoms. The van der Waals surface area contributed by atoms with Gasteiger partial charge in [-0.1, -0.05) is 91.3 Å². The Morgan fingerprint density at radius 1 is 0.853 bits per heavy atom. The lowest BCUT2D eigenvalue weighted by Gasteiger charge is -2.32. The third-order valence-corrected chi connectivity index (χ3v) is 6.35. The first-order chi connectivity index (χ1) is 16.5. The molecule has 0 heterocycles. The van der Waals surface area contributed by atoms with Gasteiger partial charge in [0.25, 0.3) is 0 Å². The molecule has 3 rings (SSSR count). The molecule has 2 amide bonds. The number of aryl methyl sites for hydroxylation is 2. The lowest BCUT2D eigenvalue weighted by Crippen LogP contribution is -2.50. The van der Waals surface area contributed by atoms with Crippen molar-refractivity contribution in [1.82, 2.24) is 10.2 Å². The highest BCUT2D eigenvalue weighted by atomic mass is 35.5. The van der Waals surface area contributed by atoms with Gasteiger partial charge in [0.1, 0.15) is 6.04 Å². The molecule has 0 fully saturated rings. The van der Waals surface area contributed by atoms with Gasteiger partial charge in [0.05, 0.1) is 0 Å². The summed E-state index contributed by atoms with van der Waals surface area (Å²) in [6, 6.07) is 25.0. The standard InChI is InChI=1S/C29H33ClN2O2/c1-3-22-14-16-23(17-15-22)18-19-28(33)32(21-25-12-8-9-13-26(25)30)27(29(34)31-4-2)20-24-10-6-5-7-11-24/h5-17,27H,3-4,18-21H2,1-2H3,(H,31,34)/t27-/m0/s1. The molecule has 0 aliphatic rings. The Morgan fingerprint density at radius 3 is 2.15 bits per heavy atom. The van der Waals surface area contributed by atoms with Gasteiger partial charge in [-0.2, -0.15) is 0 Å². The molecule has 0 spiro atoms. The largest absolute Gasteiger partial charge is 0.355 e. The first-order valence-electron chi connectivity index (χ1n) is 11.9. The monoisotopic (exact) mass is 476 g/mol. The first-order valence-corrected chi connectivity index (χ1v) is 12.3. The number of halogens is 1. The Hall–Kier alpha value is -3.11. The average Bonchev–Trinajstić information content (AvgIpc) is 2.86. The maximum Gasteiger partial charge on any atom is 0.243 e. The van der Waals surface area contributed by atoms with E-state index in [4.69, 9.17) is 11.6 Å². The summed E-state index contributed by atoms with van der Waals surface area (Å²) in [6.07, 6.45) is 2.36. The second-order valence-electron chi connectivity index (χ2n) is 8.38. The van der Waals surface area contributed by atoms with Crippen molar-refractivity contribution in [3.63, 3.8) is 0 Å². The summed E-state index contributed by atoms with van der Waals surface area (Å²) in [5.41, 5.74) is 4.22. The van der Waals surface area contributed by atoms with Gasteiger partial charge in [0.2, 0.25) is 11.8 Å². The molecule has 0 radical (unpaired) electrons. The summed E-state index contributed by atoms with van der Waals surface area (Å²) in [7, 11) is 0. The fourth-order valence-corrected chi connectivity index (χ4v) is 4.19. The number of carbonyl (C=O) groups is 2. The number of rotatable bonds is 11. The SMILES string of the molecule is CCNC(=O)[C@H](Cc1ccccc1)N(Cc1ccccc1Cl)C(=O)CCc1ccc(CC)cc1. The van der Waals surface area contributed by atoms with Crippen molar-refractivity contribution < 1.29 is 9.59 Å². The Kier molecular flexibility index (Phi) is 9.72. The van der Waals surface area contributed by atoms with Crippen LogP contribution in [-0.2, 0) is 35.4 Å². The van der Waals surface area contributed by atoms with Crippen LogP contribution in [0.2, 0.25) is 5.02 Å². The van der Waals surface area contributed by atoms with E-state index in [0.717, 1.165) is 23.1 Å². The smallest absolute Gasteiger partial charge is 0.243 e. The van der Waals surface area contributed by atoms with Crippen LogP contribution in [0, 0.1) is 0 Å². The van der Waals surface area contributed by atoms with E-state index >= 15 is 0 Å². The van der Waals surface area contributed by atoms with E-state index in [1.807, 2.05) is 61.5 Å². The maximum absolute atomic E-state index is 13.6. The lowest BCUT2D eigenvalue weighted by atomic mass is 10.0. The first kappa shape index (κ1) is 25.5. The maximum atomic E-state index is 13.6. The zero-order chi connectivity index (χ0) is 24.3. The quantitative estimate of drug-likeness (QED) is 0.391. The molecular weight excluding hydrogens is 444 g/mol. The summed E-state index contributed by atoms with van der Waals surface area (Å²) in [4.78, 5) is 28.5. The molecule has 4 nitrogen and oxygen atoms in total. The predicted molar refractivity (Wildman–Crippen MR) is 139 cm³/mol. The Morgan fingerprint density at radius 2 is 1.50 bits per heavy atom. The van der Waals surface area contributed by atoms with Gasteiger partial charge < -0.3 is 10.2 Å². The van der Waals surface area contributed by atoms with Gasteiger partial charge >= 0.3 is 0 Å². The third-order valence-electron chi connectivity index (χ3n) is 5.98. The van der Waals surface area contributed by atoms with E-state index in [0.29, 0.717) is 30.8 Å². The number of amides is 2. The van der Waals surface area contributed by atoms with Crippen LogP contribution >= 0.6 is 11.6 Å². The van der Waals surface area contributed by atoms with Gasteiger partial charge in [0.15, 0.2) is 0 Å². The minimum atomic E-state index is -0.631. The van der Waals surface area contributed by atoms with Gasteiger partial charge in [-0.15, -0.1) is 0 Å². The number of nitrogens with one attached hydrogen (secondary N) is 1. The van der Waals surface area contributed by atoms with E-state index in [-0.39, 0.29) is 18.4 Å². The van der Waals surface area contributed by atoms with Gasteiger partial charge in [0, 0.05) is 31.0 Å². The normalized spacial score (nSPS) is 11.6. The van der Waals surface area contributed by atoms with Crippen molar-refractivity contribution in [2.75, 3.05) is 6.54 Å². The molecule has 1 atom stereocenters. The molecule has 34 heavy (non-hydrogen) atoms. The molecule has 1 N–H and O–H groups in total. The summed E-state index contributed by atoms with van der Waals surface area (Å²) in [5, 5.41) is 3.51. The lowest BCUT2D eigenvalue weighted by molar-refractivity contribution is -0.141. The summed E-state index contributed by atoms with van der Waals surface area (Å²) < 4.78 is 0. The minimum absolute atomic E-state index is 0.0633. The number of carbonyl (C=O) groups excluding carboxylic acids is 2. The molecule has 0 aliphatic carbocycles. The van der Waals surface area contributed by atoms with Crippen LogP contribution in [0.3, 0.4) is 0 Å². The average molecular weight is 477 g/mol. The number of benzene rings is 3. The van der Waals surface area contributed by atoms with E-state index in [1.165, 1.54) is 5.56 Å². The van der Waals surface area contributed by atoms with E-state index < -0.39 is 6.04 Å². The molecule has 0 saturated carbocycles. The van der Waals surface area contributed by atoms with Crippen molar-refractivity contribution in [3.05, 3.63) is 106 Å². The second-order valence-corrected chi connectivity index (χ2v) is 8.79. The van der Waals surface area contributed by atoms with Crippen molar-refractivity contribution in [2.45, 2.75) is 52.1 Å². The van der Waals surface area contributed by atoms with E-state index in [9.17, 15) is 9.59 Å². The van der Waals surface area contributed by atoms with Crippen molar-refractivity contribution >= 4 is 23.4 Å². The molecular formula is C29H33ClN2O2. The van der Waals surface area contributed by atoms with E-state index in [1.54, 1.807) is 4.90 Å². The second kappa shape index (κ2) is 13.0. The fourth-order valence-electron chi connectivity index (χ4n) is 3.99. The summed E-state index contributed by atoms with van der Waals surface area (Å²) >= 11 is 6.44. The van der Waals surface area contributed by atoms with Crippen LogP contribution < -0.4 is 5.32 Å². The van der Waals surface area contributed by atoms with Crippen LogP contribution in [0.1, 0.15) is 42.5 Å². The van der Waals surface area contributed by atoms with Crippen molar-refractivity contribution in [1.29, 1.82) is 0 Å². The molecule has 178 valence electrons. The van der Waals surface area contributed by atoms with Crippen LogP contribution in [0.25, 0.3) is 0 Å². The van der Waals surface area contributed by atoms with Crippen LogP contribution in [0.5, 0.6) is 0 Å². The van der Waals surface area contributed by atoms with Gasteiger partial charge in [-0.25, -0.2) is 0 Å². The Labute approximate surface area is 207 Å².